The Hall–Kier alpha value is -2.02. The van der Waals surface area contributed by atoms with Gasteiger partial charge in [-0.05, 0) is 56.1 Å². The highest BCUT2D eigenvalue weighted by atomic mass is 32.2. The van der Waals surface area contributed by atoms with Crippen LogP contribution in [0.4, 0.5) is 11.4 Å². The van der Waals surface area contributed by atoms with Gasteiger partial charge in [-0.2, -0.15) is 0 Å². The van der Waals surface area contributed by atoms with Crippen LogP contribution in [0.2, 0.25) is 0 Å². The monoisotopic (exact) mass is 397 g/mol. The van der Waals surface area contributed by atoms with Crippen LogP contribution in [0, 0.1) is 13.8 Å². The Kier molecular flexibility index (Phi) is 5.38. The van der Waals surface area contributed by atoms with Crippen molar-refractivity contribution in [3.05, 3.63) is 64.1 Å². The van der Waals surface area contributed by atoms with Gasteiger partial charge in [0.25, 0.3) is 0 Å². The molecule has 1 N–H and O–H groups in total. The first-order valence-corrected chi connectivity index (χ1v) is 11.2. The quantitative estimate of drug-likeness (QED) is 0.620. The summed E-state index contributed by atoms with van der Waals surface area (Å²) in [6, 6.07) is 12.2. The lowest BCUT2D eigenvalue weighted by Gasteiger charge is -2.34. The molecule has 1 aliphatic rings. The molecular formula is C21H23N3OS2. The van der Waals surface area contributed by atoms with Crippen molar-refractivity contribution in [3.8, 4) is 0 Å². The minimum Gasteiger partial charge on any atom is -0.339 e. The van der Waals surface area contributed by atoms with Crippen molar-refractivity contribution in [1.29, 1.82) is 0 Å². The third kappa shape index (κ3) is 3.57. The third-order valence-corrected chi connectivity index (χ3v) is 7.24. The van der Waals surface area contributed by atoms with Crippen molar-refractivity contribution in [3.63, 3.8) is 0 Å². The second kappa shape index (κ2) is 7.92. The van der Waals surface area contributed by atoms with E-state index in [2.05, 4.69) is 41.2 Å². The third-order valence-electron chi connectivity index (χ3n) is 4.99. The zero-order chi connectivity index (χ0) is 18.8. The van der Waals surface area contributed by atoms with E-state index < -0.39 is 10.8 Å². The normalized spacial score (nSPS) is 15.5. The fourth-order valence-electron chi connectivity index (χ4n) is 3.47. The summed E-state index contributed by atoms with van der Waals surface area (Å²) in [4.78, 5) is 8.48. The SMILES string of the molecule is Cc1ccc2c(c1C)N(CCCNCc1nccs1)c1ccccc1S2=O. The molecule has 140 valence electrons. The van der Waals surface area contributed by atoms with Crippen LogP contribution >= 0.6 is 11.3 Å². The minimum atomic E-state index is -1.12. The van der Waals surface area contributed by atoms with Crippen LogP contribution in [0.1, 0.15) is 22.6 Å². The van der Waals surface area contributed by atoms with Gasteiger partial charge in [0.1, 0.15) is 5.01 Å². The Morgan fingerprint density at radius 2 is 2.00 bits per heavy atom. The van der Waals surface area contributed by atoms with Crippen LogP contribution in [-0.4, -0.2) is 22.3 Å². The van der Waals surface area contributed by atoms with Gasteiger partial charge in [0, 0.05) is 24.7 Å². The number of benzene rings is 2. The number of hydrogen-bond donors (Lipinski definition) is 1. The lowest BCUT2D eigenvalue weighted by Crippen LogP contribution is -2.28. The van der Waals surface area contributed by atoms with Gasteiger partial charge in [-0.1, -0.05) is 18.2 Å². The largest absolute Gasteiger partial charge is 0.339 e. The average Bonchev–Trinajstić information content (AvgIpc) is 3.20. The van der Waals surface area contributed by atoms with Gasteiger partial charge in [-0.25, -0.2) is 9.19 Å². The number of nitrogens with one attached hydrogen (secondary N) is 1. The van der Waals surface area contributed by atoms with Gasteiger partial charge in [0.05, 0.1) is 32.0 Å². The van der Waals surface area contributed by atoms with E-state index in [1.165, 1.54) is 11.1 Å². The van der Waals surface area contributed by atoms with E-state index in [0.29, 0.717) is 0 Å². The average molecular weight is 398 g/mol. The Balaban J connectivity index is 1.55. The standard InChI is InChI=1S/C21H23N3OS2/c1-15-8-9-19-21(16(15)2)24(17-6-3-4-7-18(17)27(19)25)12-5-10-22-14-20-23-11-13-26-20/h3-4,6-9,11,13,22H,5,10,12,14H2,1-2H3. The Bertz CT molecular complexity index is 970. The second-order valence-corrected chi connectivity index (χ2v) is 9.09. The van der Waals surface area contributed by atoms with Crippen molar-refractivity contribution in [2.45, 2.75) is 36.6 Å². The Morgan fingerprint density at radius 1 is 1.15 bits per heavy atom. The van der Waals surface area contributed by atoms with E-state index in [9.17, 15) is 4.21 Å². The molecule has 0 radical (unpaired) electrons. The number of nitrogens with zero attached hydrogens (tertiary/aromatic N) is 2. The fourth-order valence-corrected chi connectivity index (χ4v) is 5.49. The molecule has 0 saturated heterocycles. The van der Waals surface area contributed by atoms with Crippen LogP contribution in [0.15, 0.2) is 57.8 Å². The van der Waals surface area contributed by atoms with Gasteiger partial charge in [0.15, 0.2) is 0 Å². The predicted molar refractivity (Wildman–Crippen MR) is 112 cm³/mol. The Morgan fingerprint density at radius 3 is 2.81 bits per heavy atom. The molecule has 0 saturated carbocycles. The molecule has 0 bridgehead atoms. The summed E-state index contributed by atoms with van der Waals surface area (Å²) in [6.07, 6.45) is 2.84. The van der Waals surface area contributed by atoms with E-state index >= 15 is 0 Å². The molecular weight excluding hydrogens is 374 g/mol. The number of para-hydroxylation sites is 1. The maximum absolute atomic E-state index is 13.1. The summed E-state index contributed by atoms with van der Waals surface area (Å²) in [5.74, 6) is 0. The van der Waals surface area contributed by atoms with E-state index in [-0.39, 0.29) is 0 Å². The van der Waals surface area contributed by atoms with Crippen LogP contribution in [0.5, 0.6) is 0 Å². The topological polar surface area (TPSA) is 45.2 Å². The highest BCUT2D eigenvalue weighted by Gasteiger charge is 2.29. The molecule has 2 aromatic carbocycles. The molecule has 1 unspecified atom stereocenters. The summed E-state index contributed by atoms with van der Waals surface area (Å²) >= 11 is 1.68. The number of aryl methyl sites for hydroxylation is 1. The lowest BCUT2D eigenvalue weighted by molar-refractivity contribution is 0.645. The van der Waals surface area contributed by atoms with Gasteiger partial charge in [-0.15, -0.1) is 11.3 Å². The zero-order valence-corrected chi connectivity index (χ0v) is 17.2. The van der Waals surface area contributed by atoms with Crippen molar-refractivity contribution in [2.75, 3.05) is 18.0 Å². The number of hydrogen-bond acceptors (Lipinski definition) is 5. The van der Waals surface area contributed by atoms with Crippen molar-refractivity contribution in [2.24, 2.45) is 0 Å². The molecule has 1 aliphatic heterocycles. The predicted octanol–water partition coefficient (Wildman–Crippen LogP) is 4.56. The molecule has 1 aromatic heterocycles. The number of fused-ring (bicyclic) bond motifs is 2. The first-order valence-electron chi connectivity index (χ1n) is 9.14. The fraction of sp³-hybridized carbons (Fsp3) is 0.286. The molecule has 3 aromatic rings. The summed E-state index contributed by atoms with van der Waals surface area (Å²) in [6.45, 7) is 6.87. The highest BCUT2D eigenvalue weighted by Crippen LogP contribution is 2.44. The van der Waals surface area contributed by atoms with Crippen molar-refractivity contribution in [1.82, 2.24) is 10.3 Å². The molecule has 0 aliphatic carbocycles. The van der Waals surface area contributed by atoms with Gasteiger partial charge >= 0.3 is 0 Å². The molecule has 4 rings (SSSR count). The van der Waals surface area contributed by atoms with E-state index in [4.69, 9.17) is 0 Å². The Labute approximate surface area is 166 Å². The zero-order valence-electron chi connectivity index (χ0n) is 15.6. The molecule has 2 heterocycles. The number of aromatic nitrogens is 1. The number of thiazole rings is 1. The van der Waals surface area contributed by atoms with Gasteiger partial charge < -0.3 is 10.2 Å². The summed E-state index contributed by atoms with van der Waals surface area (Å²) in [5.41, 5.74) is 4.63. The van der Waals surface area contributed by atoms with Crippen molar-refractivity contribution < 1.29 is 4.21 Å². The summed E-state index contributed by atoms with van der Waals surface area (Å²) in [5, 5.41) is 6.59. The summed E-state index contributed by atoms with van der Waals surface area (Å²) in [7, 11) is -1.12. The molecule has 1 atom stereocenters. The van der Waals surface area contributed by atoms with Crippen LogP contribution < -0.4 is 10.2 Å². The molecule has 6 heteroatoms. The smallest absolute Gasteiger partial charge is 0.106 e. The highest BCUT2D eigenvalue weighted by molar-refractivity contribution is 7.85. The summed E-state index contributed by atoms with van der Waals surface area (Å²) < 4.78 is 13.1. The van der Waals surface area contributed by atoms with Crippen LogP contribution in [0.3, 0.4) is 0 Å². The maximum atomic E-state index is 13.1. The first-order chi connectivity index (χ1) is 13.2. The van der Waals surface area contributed by atoms with Gasteiger partial charge in [-0.3, -0.25) is 0 Å². The van der Waals surface area contributed by atoms with Crippen LogP contribution in [-0.2, 0) is 17.3 Å². The molecule has 0 fully saturated rings. The number of rotatable bonds is 6. The molecule has 4 nitrogen and oxygen atoms in total. The van der Waals surface area contributed by atoms with E-state index in [1.807, 2.05) is 35.8 Å². The first kappa shape index (κ1) is 18.3. The second-order valence-electron chi connectivity index (χ2n) is 6.70. The maximum Gasteiger partial charge on any atom is 0.106 e. The minimum absolute atomic E-state index is 0.812. The van der Waals surface area contributed by atoms with E-state index in [1.54, 1.807) is 11.3 Å². The van der Waals surface area contributed by atoms with Gasteiger partial charge in [0.2, 0.25) is 0 Å². The number of anilines is 2. The van der Waals surface area contributed by atoms with E-state index in [0.717, 1.165) is 52.2 Å². The van der Waals surface area contributed by atoms with Crippen LogP contribution in [0.25, 0.3) is 0 Å². The van der Waals surface area contributed by atoms with Crippen molar-refractivity contribution >= 4 is 33.5 Å². The molecule has 0 amide bonds. The lowest BCUT2D eigenvalue weighted by atomic mass is 10.1. The molecule has 27 heavy (non-hydrogen) atoms. The molecule has 0 spiro atoms.